The smallest absolute Gasteiger partial charge is 0.416 e. The van der Waals surface area contributed by atoms with Gasteiger partial charge in [0.2, 0.25) is 5.75 Å². The number of fused-ring (bicyclic) bond motifs is 1. The summed E-state index contributed by atoms with van der Waals surface area (Å²) in [4.78, 5) is 13.3. The normalized spacial score (nSPS) is 12.3. The van der Waals surface area contributed by atoms with Crippen molar-refractivity contribution in [1.82, 2.24) is 0 Å². The molecule has 3 aromatic carbocycles. The number of phenols is 2. The molecule has 0 aliphatic rings. The molecule has 4 aromatic rings. The highest BCUT2D eigenvalue weighted by Gasteiger charge is 2.32. The SMILES string of the molecule is O=c1c(Cc2cccc(C(F)(F)F)c2)c(-c2cccc(C(F)(F)F)c2)oc2c(O)c(O)ccc12. The second kappa shape index (κ2) is 8.12. The Kier molecular flexibility index (Phi) is 5.55. The molecule has 176 valence electrons. The Hall–Kier alpha value is -3.95. The van der Waals surface area contributed by atoms with Gasteiger partial charge in [-0.3, -0.25) is 4.79 Å². The molecule has 0 saturated heterocycles. The van der Waals surface area contributed by atoms with Crippen molar-refractivity contribution in [1.29, 1.82) is 0 Å². The Morgan fingerprint density at radius 1 is 0.794 bits per heavy atom. The Morgan fingerprint density at radius 2 is 1.41 bits per heavy atom. The van der Waals surface area contributed by atoms with Gasteiger partial charge in [0.05, 0.1) is 16.5 Å². The van der Waals surface area contributed by atoms with Crippen LogP contribution in [0.5, 0.6) is 11.5 Å². The molecule has 0 radical (unpaired) electrons. The lowest BCUT2D eigenvalue weighted by Gasteiger charge is -2.14. The molecule has 0 bridgehead atoms. The van der Waals surface area contributed by atoms with Crippen molar-refractivity contribution in [3.8, 4) is 22.8 Å². The maximum Gasteiger partial charge on any atom is 0.416 e. The number of benzene rings is 3. The number of hydrogen-bond acceptors (Lipinski definition) is 4. The average molecular weight is 480 g/mol. The minimum atomic E-state index is -4.71. The Morgan fingerprint density at radius 3 is 2.06 bits per heavy atom. The van der Waals surface area contributed by atoms with Crippen LogP contribution in [0.4, 0.5) is 26.3 Å². The third-order valence-electron chi connectivity index (χ3n) is 5.19. The zero-order chi connectivity index (χ0) is 24.8. The summed E-state index contributed by atoms with van der Waals surface area (Å²) in [5.41, 5.74) is -3.57. The van der Waals surface area contributed by atoms with Crippen molar-refractivity contribution in [2.45, 2.75) is 18.8 Å². The number of halogens is 6. The molecule has 34 heavy (non-hydrogen) atoms. The monoisotopic (exact) mass is 480 g/mol. The summed E-state index contributed by atoms with van der Waals surface area (Å²) in [7, 11) is 0. The van der Waals surface area contributed by atoms with E-state index in [1.807, 2.05) is 0 Å². The summed E-state index contributed by atoms with van der Waals surface area (Å²) in [6, 6.07) is 10.2. The summed E-state index contributed by atoms with van der Waals surface area (Å²) in [6.45, 7) is 0. The minimum Gasteiger partial charge on any atom is -0.504 e. The summed E-state index contributed by atoms with van der Waals surface area (Å²) in [5.74, 6) is -1.80. The summed E-state index contributed by atoms with van der Waals surface area (Å²) in [5, 5.41) is 19.7. The Balaban J connectivity index is 1.99. The van der Waals surface area contributed by atoms with Crippen molar-refractivity contribution in [2.75, 3.05) is 0 Å². The number of rotatable bonds is 3. The lowest BCUT2D eigenvalue weighted by molar-refractivity contribution is -0.138. The first-order valence-corrected chi connectivity index (χ1v) is 9.70. The fraction of sp³-hybridized carbons (Fsp3) is 0.125. The van der Waals surface area contributed by atoms with E-state index in [0.29, 0.717) is 0 Å². The van der Waals surface area contributed by atoms with Crippen LogP contribution >= 0.6 is 0 Å². The second-order valence-electron chi connectivity index (χ2n) is 7.50. The van der Waals surface area contributed by atoms with Gasteiger partial charge in [-0.05, 0) is 35.9 Å². The molecule has 0 amide bonds. The van der Waals surface area contributed by atoms with E-state index in [2.05, 4.69) is 0 Å². The van der Waals surface area contributed by atoms with Crippen molar-refractivity contribution in [2.24, 2.45) is 0 Å². The van der Waals surface area contributed by atoms with E-state index in [-0.39, 0.29) is 27.8 Å². The van der Waals surface area contributed by atoms with E-state index >= 15 is 0 Å². The summed E-state index contributed by atoms with van der Waals surface area (Å²) in [6.07, 6.45) is -9.75. The molecule has 4 nitrogen and oxygen atoms in total. The third-order valence-corrected chi connectivity index (χ3v) is 5.19. The van der Waals surface area contributed by atoms with Crippen LogP contribution in [0.2, 0.25) is 0 Å². The van der Waals surface area contributed by atoms with Gasteiger partial charge < -0.3 is 14.6 Å². The molecule has 1 aromatic heterocycles. The van der Waals surface area contributed by atoms with E-state index < -0.39 is 52.4 Å². The van der Waals surface area contributed by atoms with Crippen LogP contribution in [0.3, 0.4) is 0 Å². The third kappa shape index (κ3) is 4.30. The van der Waals surface area contributed by atoms with Gasteiger partial charge in [-0.2, -0.15) is 26.3 Å². The maximum absolute atomic E-state index is 13.3. The number of phenolic OH excluding ortho intramolecular Hbond substituents is 2. The minimum absolute atomic E-state index is 0.0673. The van der Waals surface area contributed by atoms with Crippen LogP contribution in [0.25, 0.3) is 22.3 Å². The maximum atomic E-state index is 13.3. The highest BCUT2D eigenvalue weighted by Crippen LogP contribution is 2.38. The highest BCUT2D eigenvalue weighted by atomic mass is 19.4. The molecule has 0 spiro atoms. The van der Waals surface area contributed by atoms with Gasteiger partial charge >= 0.3 is 12.4 Å². The molecule has 0 atom stereocenters. The Bertz CT molecular complexity index is 1450. The lowest BCUT2D eigenvalue weighted by atomic mass is 9.96. The number of hydrogen-bond donors (Lipinski definition) is 2. The number of alkyl halides is 6. The van der Waals surface area contributed by atoms with Gasteiger partial charge in [0.1, 0.15) is 5.76 Å². The first kappa shape index (κ1) is 23.2. The van der Waals surface area contributed by atoms with Crippen LogP contribution in [-0.4, -0.2) is 10.2 Å². The number of aromatic hydroxyl groups is 2. The van der Waals surface area contributed by atoms with Crippen LogP contribution in [-0.2, 0) is 18.8 Å². The molecular weight excluding hydrogens is 466 g/mol. The standard InChI is InChI=1S/C24H14F6O4/c25-23(26,27)14-5-1-3-12(9-14)10-17-19(32)16-7-8-18(31)20(33)22(16)34-21(17)13-4-2-6-15(11-13)24(28,29)30/h1-9,11,31,33H,10H2. The van der Waals surface area contributed by atoms with E-state index in [4.69, 9.17) is 4.42 Å². The van der Waals surface area contributed by atoms with E-state index in [0.717, 1.165) is 48.5 Å². The molecule has 0 saturated carbocycles. The predicted molar refractivity (Wildman–Crippen MR) is 111 cm³/mol. The summed E-state index contributed by atoms with van der Waals surface area (Å²) >= 11 is 0. The zero-order valence-corrected chi connectivity index (χ0v) is 17.0. The molecule has 2 N–H and O–H groups in total. The van der Waals surface area contributed by atoms with E-state index in [1.165, 1.54) is 12.1 Å². The van der Waals surface area contributed by atoms with Crippen LogP contribution < -0.4 is 5.43 Å². The summed E-state index contributed by atoms with van der Waals surface area (Å²) < 4.78 is 84.8. The van der Waals surface area contributed by atoms with Crippen molar-refractivity contribution in [3.05, 3.63) is 93.1 Å². The predicted octanol–water partition coefficient (Wildman–Crippen LogP) is 6.50. The van der Waals surface area contributed by atoms with Crippen molar-refractivity contribution < 1.29 is 41.0 Å². The first-order chi connectivity index (χ1) is 15.9. The van der Waals surface area contributed by atoms with Crippen LogP contribution in [0.15, 0.2) is 69.9 Å². The van der Waals surface area contributed by atoms with Gasteiger partial charge in [-0.15, -0.1) is 0 Å². The topological polar surface area (TPSA) is 70.7 Å². The van der Waals surface area contributed by atoms with E-state index in [1.54, 1.807) is 0 Å². The quantitative estimate of drug-likeness (QED) is 0.260. The van der Waals surface area contributed by atoms with Gasteiger partial charge in [0.15, 0.2) is 16.8 Å². The van der Waals surface area contributed by atoms with Gasteiger partial charge in [-0.25, -0.2) is 0 Å². The fourth-order valence-corrected chi connectivity index (χ4v) is 3.56. The largest absolute Gasteiger partial charge is 0.504 e. The molecule has 0 unspecified atom stereocenters. The van der Waals surface area contributed by atoms with Gasteiger partial charge in [0, 0.05) is 17.5 Å². The van der Waals surface area contributed by atoms with Crippen LogP contribution in [0.1, 0.15) is 22.3 Å². The lowest BCUT2D eigenvalue weighted by Crippen LogP contribution is -2.13. The molecule has 1 heterocycles. The molecular formula is C24H14F6O4. The molecule has 4 rings (SSSR count). The highest BCUT2D eigenvalue weighted by molar-refractivity contribution is 5.87. The average Bonchev–Trinajstić information content (AvgIpc) is 2.77. The molecule has 0 aliphatic heterocycles. The second-order valence-corrected chi connectivity index (χ2v) is 7.50. The molecule has 0 fully saturated rings. The molecule has 10 heteroatoms. The molecule has 0 aliphatic carbocycles. The van der Waals surface area contributed by atoms with Gasteiger partial charge in [0.25, 0.3) is 0 Å². The van der Waals surface area contributed by atoms with E-state index in [9.17, 15) is 41.4 Å². The van der Waals surface area contributed by atoms with Crippen molar-refractivity contribution in [3.63, 3.8) is 0 Å². The zero-order valence-electron chi connectivity index (χ0n) is 17.0. The first-order valence-electron chi connectivity index (χ1n) is 9.70. The Labute approximate surface area is 187 Å². The fourth-order valence-electron chi connectivity index (χ4n) is 3.56. The van der Waals surface area contributed by atoms with Crippen LogP contribution in [0, 0.1) is 0 Å². The van der Waals surface area contributed by atoms with Gasteiger partial charge in [-0.1, -0.05) is 30.3 Å². The van der Waals surface area contributed by atoms with Crippen molar-refractivity contribution >= 4 is 11.0 Å².